The van der Waals surface area contributed by atoms with Gasteiger partial charge in [0.15, 0.2) is 11.5 Å². The number of hydrogen-bond donors (Lipinski definition) is 3. The number of hydrogen-bond acceptors (Lipinski definition) is 7. The average Bonchev–Trinajstić information content (AvgIpc) is 2.72. The fourth-order valence-electron chi connectivity index (χ4n) is 2.74. The van der Waals surface area contributed by atoms with Crippen LogP contribution in [0, 0.1) is 5.92 Å². The second-order valence-electron chi connectivity index (χ2n) is 6.39. The molecule has 1 amide bonds. The van der Waals surface area contributed by atoms with Crippen LogP contribution in [-0.2, 0) is 14.3 Å². The van der Waals surface area contributed by atoms with E-state index in [9.17, 15) is 14.7 Å². The first-order valence-electron chi connectivity index (χ1n) is 9.10. The number of nitrogens with one attached hydrogen (secondary N) is 1. The van der Waals surface area contributed by atoms with Crippen LogP contribution < -0.4 is 10.1 Å². The molecule has 156 valence electrons. The highest BCUT2D eigenvalue weighted by atomic mass is 32.1. The Balaban J connectivity index is 2.14. The van der Waals surface area contributed by atoms with Gasteiger partial charge in [0.2, 0.25) is 0 Å². The van der Waals surface area contributed by atoms with E-state index in [0.29, 0.717) is 23.4 Å². The quantitative estimate of drug-likeness (QED) is 0.417. The monoisotopic (exact) mass is 419 g/mol. The summed E-state index contributed by atoms with van der Waals surface area (Å²) in [5.74, 6) is -0.355. The van der Waals surface area contributed by atoms with Crippen molar-refractivity contribution >= 4 is 30.4 Å². The number of benzene rings is 2. The van der Waals surface area contributed by atoms with Gasteiger partial charge in [0.1, 0.15) is 6.10 Å². The van der Waals surface area contributed by atoms with Gasteiger partial charge >= 0.3 is 12.1 Å². The Morgan fingerprint density at radius 1 is 1.17 bits per heavy atom. The van der Waals surface area contributed by atoms with Crippen LogP contribution in [0.1, 0.15) is 25.0 Å². The van der Waals surface area contributed by atoms with Crippen LogP contribution in [0.2, 0.25) is 0 Å². The molecule has 0 fully saturated rings. The van der Waals surface area contributed by atoms with Gasteiger partial charge in [0.05, 0.1) is 19.5 Å². The molecular weight excluding hydrogens is 394 g/mol. The van der Waals surface area contributed by atoms with Crippen molar-refractivity contribution in [2.45, 2.75) is 19.4 Å². The van der Waals surface area contributed by atoms with E-state index in [0.717, 1.165) is 0 Å². The highest BCUT2D eigenvalue weighted by Gasteiger charge is 2.25. The minimum Gasteiger partial charge on any atom is -0.504 e. The molecule has 0 aliphatic carbocycles. The normalized spacial score (nSPS) is 12.5. The van der Waals surface area contributed by atoms with E-state index in [-0.39, 0.29) is 24.0 Å². The summed E-state index contributed by atoms with van der Waals surface area (Å²) >= 11 is 3.87. The van der Waals surface area contributed by atoms with E-state index in [1.165, 1.54) is 13.2 Å². The maximum atomic E-state index is 12.4. The maximum absolute atomic E-state index is 12.4. The third kappa shape index (κ3) is 6.90. The number of carbonyl (C=O) groups is 2. The average molecular weight is 419 g/mol. The second kappa shape index (κ2) is 11.2. The number of rotatable bonds is 9. The molecule has 0 unspecified atom stereocenters. The SMILES string of the molecule is COc1ccc([C@H](OC(=O)Nc2ccccc2)[C@H](C)CCOC(=O)CS)cc1O. The summed E-state index contributed by atoms with van der Waals surface area (Å²) in [5.41, 5.74) is 1.20. The van der Waals surface area contributed by atoms with Crippen molar-refractivity contribution in [2.24, 2.45) is 5.92 Å². The second-order valence-corrected chi connectivity index (χ2v) is 6.71. The van der Waals surface area contributed by atoms with Crippen LogP contribution in [0.5, 0.6) is 11.5 Å². The van der Waals surface area contributed by atoms with Gasteiger partial charge in [-0.2, -0.15) is 12.6 Å². The molecule has 0 spiro atoms. The van der Waals surface area contributed by atoms with E-state index >= 15 is 0 Å². The first-order valence-corrected chi connectivity index (χ1v) is 9.74. The first kappa shape index (κ1) is 22.4. The standard InChI is InChI=1S/C21H25NO6S/c1-14(10-11-27-19(24)13-29)20(15-8-9-18(26-2)17(23)12-15)28-21(25)22-16-6-4-3-5-7-16/h3-9,12,14,20,23,29H,10-11,13H2,1-2H3,(H,22,25)/t14-,20-/m1/s1. The molecule has 0 saturated carbocycles. The smallest absolute Gasteiger partial charge is 0.412 e. The summed E-state index contributed by atoms with van der Waals surface area (Å²) < 4.78 is 15.8. The molecule has 2 aromatic rings. The minimum atomic E-state index is -0.676. The molecular formula is C21H25NO6S. The predicted molar refractivity (Wildman–Crippen MR) is 113 cm³/mol. The fraction of sp³-hybridized carbons (Fsp3) is 0.333. The van der Waals surface area contributed by atoms with Crippen molar-refractivity contribution in [3.63, 3.8) is 0 Å². The van der Waals surface area contributed by atoms with Crippen LogP contribution >= 0.6 is 12.6 Å². The molecule has 0 radical (unpaired) electrons. The van der Waals surface area contributed by atoms with Crippen LogP contribution in [0.25, 0.3) is 0 Å². The molecule has 2 aromatic carbocycles. The van der Waals surface area contributed by atoms with E-state index in [1.54, 1.807) is 36.4 Å². The largest absolute Gasteiger partial charge is 0.504 e. The Kier molecular flexibility index (Phi) is 8.67. The van der Waals surface area contributed by atoms with E-state index < -0.39 is 18.2 Å². The number of amides is 1. The van der Waals surface area contributed by atoms with Gasteiger partial charge in [-0.15, -0.1) is 0 Å². The fourth-order valence-corrected chi connectivity index (χ4v) is 2.83. The van der Waals surface area contributed by atoms with Crippen LogP contribution in [0.3, 0.4) is 0 Å². The number of methoxy groups -OCH3 is 1. The molecule has 0 heterocycles. The van der Waals surface area contributed by atoms with Crippen molar-refractivity contribution in [1.82, 2.24) is 0 Å². The summed E-state index contributed by atoms with van der Waals surface area (Å²) in [5, 5.41) is 12.8. The zero-order chi connectivity index (χ0) is 21.2. The zero-order valence-corrected chi connectivity index (χ0v) is 17.2. The highest BCUT2D eigenvalue weighted by Crippen LogP contribution is 2.34. The van der Waals surface area contributed by atoms with E-state index in [1.807, 2.05) is 13.0 Å². The predicted octanol–water partition coefficient (Wildman–Crippen LogP) is 4.19. The van der Waals surface area contributed by atoms with Crippen molar-refractivity contribution in [3.8, 4) is 11.5 Å². The van der Waals surface area contributed by atoms with Gasteiger partial charge < -0.3 is 19.3 Å². The first-order chi connectivity index (χ1) is 13.9. The lowest BCUT2D eigenvalue weighted by Crippen LogP contribution is -2.23. The molecule has 29 heavy (non-hydrogen) atoms. The van der Waals surface area contributed by atoms with Crippen LogP contribution in [0.15, 0.2) is 48.5 Å². The number of carbonyl (C=O) groups excluding carboxylic acids is 2. The molecule has 0 saturated heterocycles. The Labute approximate surface area is 175 Å². The van der Waals surface area contributed by atoms with Gasteiger partial charge in [0, 0.05) is 11.6 Å². The summed E-state index contributed by atoms with van der Waals surface area (Å²) in [6.45, 7) is 2.04. The molecule has 0 aliphatic rings. The van der Waals surface area contributed by atoms with Crippen LogP contribution in [0.4, 0.5) is 10.5 Å². The van der Waals surface area contributed by atoms with Gasteiger partial charge in [-0.3, -0.25) is 10.1 Å². The number of ether oxygens (including phenoxy) is 3. The van der Waals surface area contributed by atoms with Gasteiger partial charge in [-0.1, -0.05) is 31.2 Å². The molecule has 0 bridgehead atoms. The number of esters is 1. The summed E-state index contributed by atoms with van der Waals surface area (Å²) in [7, 11) is 1.45. The van der Waals surface area contributed by atoms with Crippen molar-refractivity contribution < 1.29 is 28.9 Å². The summed E-state index contributed by atoms with van der Waals surface area (Å²) in [6.07, 6.45) is -0.851. The molecule has 0 aliphatic heterocycles. The van der Waals surface area contributed by atoms with Gasteiger partial charge in [-0.05, 0) is 36.2 Å². The van der Waals surface area contributed by atoms with Gasteiger partial charge in [0.25, 0.3) is 0 Å². The molecule has 7 nitrogen and oxygen atoms in total. The lowest BCUT2D eigenvalue weighted by molar-refractivity contribution is -0.141. The summed E-state index contributed by atoms with van der Waals surface area (Å²) in [4.78, 5) is 23.7. The lowest BCUT2D eigenvalue weighted by Gasteiger charge is -2.25. The Morgan fingerprint density at radius 3 is 2.52 bits per heavy atom. The number of anilines is 1. The topological polar surface area (TPSA) is 94.1 Å². The zero-order valence-electron chi connectivity index (χ0n) is 16.3. The van der Waals surface area contributed by atoms with Gasteiger partial charge in [-0.25, -0.2) is 4.79 Å². The molecule has 8 heteroatoms. The molecule has 2 N–H and O–H groups in total. The number of thiol groups is 1. The van der Waals surface area contributed by atoms with E-state index in [2.05, 4.69) is 17.9 Å². The van der Waals surface area contributed by atoms with Crippen molar-refractivity contribution in [2.75, 3.05) is 24.8 Å². The van der Waals surface area contributed by atoms with E-state index in [4.69, 9.17) is 14.2 Å². The van der Waals surface area contributed by atoms with Crippen molar-refractivity contribution in [1.29, 1.82) is 0 Å². The number of phenols is 1. The summed E-state index contributed by atoms with van der Waals surface area (Å²) in [6, 6.07) is 13.7. The molecule has 2 rings (SSSR count). The Bertz CT molecular complexity index is 814. The number of aromatic hydroxyl groups is 1. The third-order valence-corrected chi connectivity index (χ3v) is 4.53. The Hall–Kier alpha value is -2.87. The van der Waals surface area contributed by atoms with Crippen molar-refractivity contribution in [3.05, 3.63) is 54.1 Å². The number of para-hydroxylation sites is 1. The molecule has 2 atom stereocenters. The minimum absolute atomic E-state index is 0.000142. The lowest BCUT2D eigenvalue weighted by atomic mass is 9.94. The number of phenolic OH excluding ortho intramolecular Hbond substituents is 1. The third-order valence-electron chi connectivity index (χ3n) is 4.27. The van der Waals surface area contributed by atoms with Crippen LogP contribution in [-0.4, -0.2) is 36.6 Å². The maximum Gasteiger partial charge on any atom is 0.412 e. The molecule has 0 aromatic heterocycles. The Morgan fingerprint density at radius 2 is 1.90 bits per heavy atom. The highest BCUT2D eigenvalue weighted by molar-refractivity contribution is 7.81.